The van der Waals surface area contributed by atoms with Crippen LogP contribution in [0.5, 0.6) is 0 Å². The fourth-order valence-corrected chi connectivity index (χ4v) is 3.41. The number of nitro benzene ring substituents is 1. The molecule has 0 spiro atoms. The van der Waals surface area contributed by atoms with Gasteiger partial charge in [0.25, 0.3) is 5.69 Å². The van der Waals surface area contributed by atoms with Crippen molar-refractivity contribution in [2.45, 2.75) is 35.8 Å². The molecular weight excluding hydrogens is 254 g/mol. The molecule has 0 saturated heterocycles. The fraction of sp³-hybridized carbons (Fsp3) is 0.417. The largest absolute Gasteiger partial charge is 0.478 e. The Balaban J connectivity index is 2.28. The Morgan fingerprint density at radius 1 is 1.39 bits per heavy atom. The van der Waals surface area contributed by atoms with Crippen LogP contribution in [0.2, 0.25) is 0 Å². The first-order chi connectivity index (χ1) is 8.58. The van der Waals surface area contributed by atoms with Crippen LogP contribution in [-0.2, 0) is 0 Å². The Hall–Kier alpha value is -1.56. The van der Waals surface area contributed by atoms with E-state index in [0.717, 1.165) is 18.9 Å². The average molecular weight is 267 g/mol. The molecule has 0 aliphatic heterocycles. The summed E-state index contributed by atoms with van der Waals surface area (Å²) in [5, 5.41) is 20.2. The molecule has 1 aromatic rings. The Morgan fingerprint density at radius 3 is 2.61 bits per heavy atom. The van der Waals surface area contributed by atoms with Crippen LogP contribution < -0.4 is 0 Å². The van der Waals surface area contributed by atoms with Gasteiger partial charge in [0.05, 0.1) is 15.4 Å². The highest BCUT2D eigenvalue weighted by molar-refractivity contribution is 8.00. The standard InChI is InChI=1S/C12H13NO4S/c14-12(15)8-5-6-11(10(7-8)13(16)17)18-9-3-1-2-4-9/h5-7,9H,1-4H2,(H,14,15). The van der Waals surface area contributed by atoms with E-state index in [1.54, 1.807) is 6.07 Å². The van der Waals surface area contributed by atoms with Gasteiger partial charge in [0.2, 0.25) is 0 Å². The SMILES string of the molecule is O=C(O)c1ccc(SC2CCCC2)c([N+](=O)[O-])c1. The van der Waals surface area contributed by atoms with Crippen molar-refractivity contribution in [2.24, 2.45) is 0 Å². The van der Waals surface area contributed by atoms with Crippen LogP contribution in [0, 0.1) is 10.1 Å². The highest BCUT2D eigenvalue weighted by Gasteiger charge is 2.22. The minimum atomic E-state index is -1.14. The quantitative estimate of drug-likeness (QED) is 0.668. The van der Waals surface area contributed by atoms with Gasteiger partial charge in [-0.05, 0) is 25.0 Å². The van der Waals surface area contributed by atoms with Crippen molar-refractivity contribution in [3.63, 3.8) is 0 Å². The van der Waals surface area contributed by atoms with Crippen LogP contribution in [-0.4, -0.2) is 21.2 Å². The Kier molecular flexibility index (Phi) is 3.86. The smallest absolute Gasteiger partial charge is 0.335 e. The zero-order valence-electron chi connectivity index (χ0n) is 9.67. The van der Waals surface area contributed by atoms with Gasteiger partial charge in [-0.3, -0.25) is 10.1 Å². The first-order valence-corrected chi connectivity index (χ1v) is 6.64. The van der Waals surface area contributed by atoms with Gasteiger partial charge in [0.15, 0.2) is 0 Å². The molecule has 0 heterocycles. The second-order valence-electron chi connectivity index (χ2n) is 4.27. The summed E-state index contributed by atoms with van der Waals surface area (Å²) in [5.41, 5.74) is -0.149. The number of carboxylic acid groups (broad SMARTS) is 1. The number of nitrogens with zero attached hydrogens (tertiary/aromatic N) is 1. The van der Waals surface area contributed by atoms with Crippen molar-refractivity contribution in [3.8, 4) is 0 Å². The van der Waals surface area contributed by atoms with Crippen LogP contribution in [0.25, 0.3) is 0 Å². The van der Waals surface area contributed by atoms with Crippen molar-refractivity contribution in [3.05, 3.63) is 33.9 Å². The van der Waals surface area contributed by atoms with E-state index in [-0.39, 0.29) is 11.3 Å². The van der Waals surface area contributed by atoms with Gasteiger partial charge in [-0.1, -0.05) is 12.8 Å². The number of aromatic carboxylic acids is 1. The monoisotopic (exact) mass is 267 g/mol. The lowest BCUT2D eigenvalue weighted by atomic mass is 10.2. The molecule has 1 N–H and O–H groups in total. The lowest BCUT2D eigenvalue weighted by molar-refractivity contribution is -0.387. The molecule has 0 bridgehead atoms. The maximum absolute atomic E-state index is 11.0. The third kappa shape index (κ3) is 2.81. The zero-order chi connectivity index (χ0) is 13.1. The van der Waals surface area contributed by atoms with E-state index in [1.807, 2.05) is 0 Å². The molecule has 1 aliphatic carbocycles. The van der Waals surface area contributed by atoms with Gasteiger partial charge >= 0.3 is 5.97 Å². The molecular formula is C12H13NO4S. The first kappa shape index (κ1) is 12.9. The minimum Gasteiger partial charge on any atom is -0.478 e. The van der Waals surface area contributed by atoms with Gasteiger partial charge in [-0.2, -0.15) is 0 Å². The summed E-state index contributed by atoms with van der Waals surface area (Å²) in [6, 6.07) is 4.11. The Labute approximate surface area is 108 Å². The second kappa shape index (κ2) is 5.39. The highest BCUT2D eigenvalue weighted by atomic mass is 32.2. The Bertz CT molecular complexity index is 483. The molecule has 6 heteroatoms. The number of nitro groups is 1. The van der Waals surface area contributed by atoms with Crippen molar-refractivity contribution >= 4 is 23.4 Å². The molecule has 0 radical (unpaired) electrons. The number of thioether (sulfide) groups is 1. The van der Waals surface area contributed by atoms with Crippen LogP contribution in [0.15, 0.2) is 23.1 Å². The highest BCUT2D eigenvalue weighted by Crippen LogP contribution is 2.39. The van der Waals surface area contributed by atoms with E-state index < -0.39 is 10.9 Å². The minimum absolute atomic E-state index is 0.0440. The van der Waals surface area contributed by atoms with E-state index in [9.17, 15) is 14.9 Å². The summed E-state index contributed by atoms with van der Waals surface area (Å²) < 4.78 is 0. The number of carboxylic acids is 1. The molecule has 1 saturated carbocycles. The molecule has 18 heavy (non-hydrogen) atoms. The van der Waals surface area contributed by atoms with Crippen molar-refractivity contribution in [2.75, 3.05) is 0 Å². The van der Waals surface area contributed by atoms with E-state index in [2.05, 4.69) is 0 Å². The first-order valence-electron chi connectivity index (χ1n) is 5.76. The van der Waals surface area contributed by atoms with Crippen LogP contribution in [0.1, 0.15) is 36.0 Å². The molecule has 0 aromatic heterocycles. The fourth-order valence-electron chi connectivity index (χ4n) is 2.08. The summed E-state index contributed by atoms with van der Waals surface area (Å²) in [6.45, 7) is 0. The van der Waals surface area contributed by atoms with Gasteiger partial charge in [-0.15, -0.1) is 11.8 Å². The molecule has 1 fully saturated rings. The molecule has 1 aliphatic rings. The third-order valence-electron chi connectivity index (χ3n) is 3.00. The third-order valence-corrected chi connectivity index (χ3v) is 4.40. The maximum Gasteiger partial charge on any atom is 0.335 e. The predicted molar refractivity (Wildman–Crippen MR) is 68.2 cm³/mol. The number of rotatable bonds is 4. The summed E-state index contributed by atoms with van der Waals surface area (Å²) in [4.78, 5) is 21.8. The molecule has 0 atom stereocenters. The lowest BCUT2D eigenvalue weighted by Gasteiger charge is -2.09. The summed E-state index contributed by atoms with van der Waals surface area (Å²) >= 11 is 1.49. The van der Waals surface area contributed by atoms with Crippen LogP contribution in [0.4, 0.5) is 5.69 Å². The van der Waals surface area contributed by atoms with Crippen LogP contribution >= 0.6 is 11.8 Å². The number of hydrogen-bond donors (Lipinski definition) is 1. The molecule has 0 amide bonds. The number of carbonyl (C=O) groups is 1. The molecule has 0 unspecified atom stereocenters. The second-order valence-corrected chi connectivity index (χ2v) is 5.61. The van der Waals surface area contributed by atoms with Crippen molar-refractivity contribution < 1.29 is 14.8 Å². The van der Waals surface area contributed by atoms with E-state index in [1.165, 1.54) is 30.7 Å². The van der Waals surface area contributed by atoms with Crippen molar-refractivity contribution in [1.82, 2.24) is 0 Å². The lowest BCUT2D eigenvalue weighted by Crippen LogP contribution is -2.01. The number of benzene rings is 1. The summed E-state index contributed by atoms with van der Waals surface area (Å²) in [5.74, 6) is -1.14. The zero-order valence-corrected chi connectivity index (χ0v) is 10.5. The topological polar surface area (TPSA) is 80.4 Å². The van der Waals surface area contributed by atoms with E-state index in [4.69, 9.17) is 5.11 Å². The van der Waals surface area contributed by atoms with Gasteiger partial charge in [0, 0.05) is 11.3 Å². The molecule has 2 rings (SSSR count). The summed E-state index contributed by atoms with van der Waals surface area (Å²) in [7, 11) is 0. The normalized spacial score (nSPS) is 15.8. The predicted octanol–water partition coefficient (Wildman–Crippen LogP) is 3.33. The van der Waals surface area contributed by atoms with E-state index >= 15 is 0 Å². The van der Waals surface area contributed by atoms with Crippen molar-refractivity contribution in [1.29, 1.82) is 0 Å². The molecule has 5 nitrogen and oxygen atoms in total. The van der Waals surface area contributed by atoms with Crippen LogP contribution in [0.3, 0.4) is 0 Å². The maximum atomic E-state index is 11.0. The van der Waals surface area contributed by atoms with Gasteiger partial charge in [-0.25, -0.2) is 4.79 Å². The molecule has 1 aromatic carbocycles. The van der Waals surface area contributed by atoms with Gasteiger partial charge < -0.3 is 5.11 Å². The summed E-state index contributed by atoms with van der Waals surface area (Å²) in [6.07, 6.45) is 4.47. The number of hydrogen-bond acceptors (Lipinski definition) is 4. The molecule has 96 valence electrons. The van der Waals surface area contributed by atoms with E-state index in [0.29, 0.717) is 10.1 Å². The average Bonchev–Trinajstić information content (AvgIpc) is 2.81. The Morgan fingerprint density at radius 2 is 2.06 bits per heavy atom. The van der Waals surface area contributed by atoms with Gasteiger partial charge in [0.1, 0.15) is 0 Å².